The van der Waals surface area contributed by atoms with Crippen molar-refractivity contribution in [1.29, 1.82) is 0 Å². The Labute approximate surface area is 162 Å². The average molecular weight is 392 g/mol. The maximum atomic E-state index is 12.4. The van der Waals surface area contributed by atoms with Gasteiger partial charge in [0, 0.05) is 19.8 Å². The number of benzene rings is 1. The maximum absolute atomic E-state index is 12.4. The van der Waals surface area contributed by atoms with Gasteiger partial charge in [-0.2, -0.15) is 0 Å². The number of amides is 1. The third-order valence-electron chi connectivity index (χ3n) is 3.67. The second-order valence-electron chi connectivity index (χ2n) is 5.90. The van der Waals surface area contributed by atoms with Crippen LogP contribution in [0.1, 0.15) is 31.2 Å². The number of nitrogens with zero attached hydrogens (tertiary/aromatic N) is 1. The Morgan fingerprint density at radius 3 is 2.27 bits per heavy atom. The Morgan fingerprint density at radius 1 is 1.12 bits per heavy atom. The number of anilines is 2. The maximum Gasteiger partial charge on any atom is 0.341 e. The zero-order valence-electron chi connectivity index (χ0n) is 15.3. The van der Waals surface area contributed by atoms with E-state index in [0.717, 1.165) is 11.3 Å². The van der Waals surface area contributed by atoms with Crippen LogP contribution in [0.3, 0.4) is 0 Å². The van der Waals surface area contributed by atoms with E-state index in [-0.39, 0.29) is 5.91 Å². The molecule has 0 atom stereocenters. The van der Waals surface area contributed by atoms with Crippen molar-refractivity contribution in [3.63, 3.8) is 0 Å². The quantitative estimate of drug-likeness (QED) is 0.612. The first-order valence-electron chi connectivity index (χ1n) is 7.82. The van der Waals surface area contributed by atoms with Gasteiger partial charge in [0.25, 0.3) is 5.91 Å². The van der Waals surface area contributed by atoms with Crippen LogP contribution in [-0.4, -0.2) is 43.1 Å². The average Bonchev–Trinajstić information content (AvgIpc) is 2.91. The van der Waals surface area contributed by atoms with E-state index in [1.54, 1.807) is 21.0 Å². The van der Waals surface area contributed by atoms with Crippen molar-refractivity contribution < 1.29 is 14.3 Å². The lowest BCUT2D eigenvalue weighted by Gasteiger charge is -2.11. The molecular weight excluding hydrogens is 370 g/mol. The van der Waals surface area contributed by atoms with E-state index in [4.69, 9.17) is 17.0 Å². The number of hydrogen-bond donors (Lipinski definition) is 2. The van der Waals surface area contributed by atoms with E-state index in [9.17, 15) is 9.59 Å². The first-order valence-corrected chi connectivity index (χ1v) is 9.05. The van der Waals surface area contributed by atoms with Gasteiger partial charge in [0.1, 0.15) is 5.00 Å². The van der Waals surface area contributed by atoms with Gasteiger partial charge in [0.05, 0.1) is 17.6 Å². The van der Waals surface area contributed by atoms with Crippen LogP contribution < -0.4 is 10.6 Å². The van der Waals surface area contributed by atoms with Crippen molar-refractivity contribution in [3.8, 4) is 0 Å². The van der Waals surface area contributed by atoms with E-state index < -0.39 is 5.97 Å². The van der Waals surface area contributed by atoms with Crippen LogP contribution in [0.2, 0.25) is 0 Å². The second kappa shape index (κ2) is 8.29. The molecule has 2 rings (SSSR count). The molecule has 0 spiro atoms. The molecule has 0 bridgehead atoms. The Balaban J connectivity index is 2.30. The highest BCUT2D eigenvalue weighted by atomic mass is 32.1. The fraction of sp³-hybridized carbons (Fsp3) is 0.278. The topological polar surface area (TPSA) is 70.7 Å². The molecule has 0 unspecified atom stereocenters. The third-order valence-corrected chi connectivity index (χ3v) is 5.07. The highest BCUT2D eigenvalue weighted by Gasteiger charge is 2.26. The number of carbonyl (C=O) groups is 2. The van der Waals surface area contributed by atoms with Crippen molar-refractivity contribution in [1.82, 2.24) is 4.90 Å². The molecule has 0 saturated carbocycles. The van der Waals surface area contributed by atoms with Crippen molar-refractivity contribution in [2.45, 2.75) is 13.8 Å². The summed E-state index contributed by atoms with van der Waals surface area (Å²) in [5, 5.41) is 6.87. The molecule has 0 saturated heterocycles. The molecule has 6 nitrogen and oxygen atoms in total. The van der Waals surface area contributed by atoms with Gasteiger partial charge in [0.2, 0.25) is 0 Å². The predicted molar refractivity (Wildman–Crippen MR) is 109 cm³/mol. The highest BCUT2D eigenvalue weighted by molar-refractivity contribution is 7.80. The van der Waals surface area contributed by atoms with Crippen LogP contribution in [0, 0.1) is 13.8 Å². The first kappa shape index (κ1) is 19.9. The number of methoxy groups -OCH3 is 1. The number of hydrogen-bond acceptors (Lipinski definition) is 5. The standard InChI is InChI=1S/C18H21N3O3S2/c1-10-6-8-12(9-7-10)19-18(25)20-15-13(17(23)24-5)11(2)14(26-15)16(22)21(3)4/h6-9H,1-5H3,(H2,19,20,25). The van der Waals surface area contributed by atoms with Gasteiger partial charge in [-0.05, 0) is 43.8 Å². The molecule has 1 aromatic carbocycles. The Kier molecular flexibility index (Phi) is 6.33. The number of thiocarbonyl (C=S) groups is 1. The van der Waals surface area contributed by atoms with Gasteiger partial charge in [0.15, 0.2) is 5.11 Å². The number of thiophene rings is 1. The molecule has 1 aromatic heterocycles. The van der Waals surface area contributed by atoms with Gasteiger partial charge in [-0.25, -0.2) is 4.79 Å². The Bertz CT molecular complexity index is 842. The minimum atomic E-state index is -0.516. The second-order valence-corrected chi connectivity index (χ2v) is 7.33. The summed E-state index contributed by atoms with van der Waals surface area (Å²) in [5.41, 5.74) is 2.85. The smallest absolute Gasteiger partial charge is 0.341 e. The summed E-state index contributed by atoms with van der Waals surface area (Å²) in [5.74, 6) is -0.694. The minimum absolute atomic E-state index is 0.178. The van der Waals surface area contributed by atoms with Crippen molar-refractivity contribution in [2.75, 3.05) is 31.8 Å². The molecule has 2 aromatic rings. The molecule has 138 valence electrons. The summed E-state index contributed by atoms with van der Waals surface area (Å²) in [4.78, 5) is 26.5. The number of rotatable bonds is 4. The van der Waals surface area contributed by atoms with Crippen molar-refractivity contribution >= 4 is 51.2 Å². The van der Waals surface area contributed by atoms with Crippen LogP contribution in [-0.2, 0) is 4.74 Å². The summed E-state index contributed by atoms with van der Waals surface area (Å²) in [6.07, 6.45) is 0. The zero-order valence-corrected chi connectivity index (χ0v) is 16.9. The third kappa shape index (κ3) is 4.39. The summed E-state index contributed by atoms with van der Waals surface area (Å²) in [6, 6.07) is 7.75. The fourth-order valence-electron chi connectivity index (χ4n) is 2.26. The molecule has 0 aliphatic rings. The van der Waals surface area contributed by atoms with Gasteiger partial charge in [-0.15, -0.1) is 11.3 Å². The lowest BCUT2D eigenvalue weighted by atomic mass is 10.1. The van der Waals surface area contributed by atoms with Crippen molar-refractivity contribution in [2.24, 2.45) is 0 Å². The number of aryl methyl sites for hydroxylation is 1. The van der Waals surface area contributed by atoms with Gasteiger partial charge < -0.3 is 20.3 Å². The van der Waals surface area contributed by atoms with Crippen LogP contribution in [0.5, 0.6) is 0 Å². The predicted octanol–water partition coefficient (Wildman–Crippen LogP) is 3.66. The molecule has 0 fully saturated rings. The van der Waals surface area contributed by atoms with E-state index >= 15 is 0 Å². The Hall–Kier alpha value is -2.45. The van der Waals surface area contributed by atoms with E-state index in [1.165, 1.54) is 23.3 Å². The number of ether oxygens (including phenoxy) is 1. The highest BCUT2D eigenvalue weighted by Crippen LogP contribution is 2.34. The van der Waals surface area contributed by atoms with Gasteiger partial charge in [-0.1, -0.05) is 17.7 Å². The van der Waals surface area contributed by atoms with Gasteiger partial charge in [-0.3, -0.25) is 4.79 Å². The van der Waals surface area contributed by atoms with Crippen LogP contribution in [0.4, 0.5) is 10.7 Å². The van der Waals surface area contributed by atoms with E-state index in [2.05, 4.69) is 10.6 Å². The van der Waals surface area contributed by atoms with Crippen LogP contribution in [0.25, 0.3) is 0 Å². The summed E-state index contributed by atoms with van der Waals surface area (Å²) in [7, 11) is 4.63. The largest absolute Gasteiger partial charge is 0.465 e. The van der Waals surface area contributed by atoms with Crippen LogP contribution in [0.15, 0.2) is 24.3 Å². The zero-order chi connectivity index (χ0) is 19.4. The lowest BCUT2D eigenvalue weighted by molar-refractivity contribution is 0.0601. The lowest BCUT2D eigenvalue weighted by Crippen LogP contribution is -2.21. The molecule has 1 amide bonds. The molecule has 0 radical (unpaired) electrons. The molecule has 8 heteroatoms. The molecule has 26 heavy (non-hydrogen) atoms. The van der Waals surface area contributed by atoms with Crippen molar-refractivity contribution in [3.05, 3.63) is 45.8 Å². The number of esters is 1. The summed E-state index contributed by atoms with van der Waals surface area (Å²) in [6.45, 7) is 3.72. The van der Waals surface area contributed by atoms with E-state index in [1.807, 2.05) is 31.2 Å². The first-order chi connectivity index (χ1) is 12.2. The number of nitrogens with one attached hydrogen (secondary N) is 2. The molecule has 1 heterocycles. The Morgan fingerprint density at radius 2 is 1.73 bits per heavy atom. The summed E-state index contributed by atoms with van der Waals surface area (Å²) >= 11 is 6.52. The SMILES string of the molecule is COC(=O)c1c(NC(=S)Nc2ccc(C)cc2)sc(C(=O)N(C)C)c1C. The van der Waals surface area contributed by atoms with E-state index in [0.29, 0.717) is 26.1 Å². The fourth-order valence-corrected chi connectivity index (χ4v) is 3.76. The normalized spacial score (nSPS) is 10.2. The monoisotopic (exact) mass is 391 g/mol. The molecule has 0 aliphatic carbocycles. The summed E-state index contributed by atoms with van der Waals surface area (Å²) < 4.78 is 4.86. The number of carbonyl (C=O) groups excluding carboxylic acids is 2. The molecule has 0 aliphatic heterocycles. The molecular formula is C18H21N3O3S2. The van der Waals surface area contributed by atoms with Crippen LogP contribution >= 0.6 is 23.6 Å². The molecule has 2 N–H and O–H groups in total. The van der Waals surface area contributed by atoms with Gasteiger partial charge >= 0.3 is 5.97 Å². The minimum Gasteiger partial charge on any atom is -0.465 e.